The van der Waals surface area contributed by atoms with Crippen LogP contribution in [-0.4, -0.2) is 20.6 Å². The number of hydrogen-bond donors (Lipinski definition) is 0. The smallest absolute Gasteiger partial charge is 0.231 e. The van der Waals surface area contributed by atoms with Crippen LogP contribution < -0.4 is 23.8 Å². The molecular formula is C21H14N2O4. The molecule has 3 aromatic carbocycles. The second-order valence-corrected chi connectivity index (χ2v) is 6.82. The molecule has 0 fully saturated rings. The van der Waals surface area contributed by atoms with Crippen LogP contribution in [-0.2, 0) is 0 Å². The molecule has 0 aromatic heterocycles. The van der Waals surface area contributed by atoms with Crippen molar-refractivity contribution in [2.75, 3.05) is 25.5 Å². The van der Waals surface area contributed by atoms with Crippen LogP contribution >= 0.6 is 0 Å². The van der Waals surface area contributed by atoms with Crippen LogP contribution in [0.1, 0.15) is 11.6 Å². The lowest BCUT2D eigenvalue weighted by Crippen LogP contribution is -2.27. The van der Waals surface area contributed by atoms with Crippen LogP contribution in [0.3, 0.4) is 0 Å². The van der Waals surface area contributed by atoms with Crippen molar-refractivity contribution in [3.8, 4) is 40.2 Å². The van der Waals surface area contributed by atoms with E-state index in [9.17, 15) is 5.26 Å². The topological polar surface area (TPSA) is 64.0 Å². The summed E-state index contributed by atoms with van der Waals surface area (Å²) in [4.78, 5) is 2.02. The third-order valence-corrected chi connectivity index (χ3v) is 5.48. The number of fused-ring (bicyclic) bond motifs is 7. The van der Waals surface area contributed by atoms with E-state index in [-0.39, 0.29) is 13.6 Å². The van der Waals surface area contributed by atoms with E-state index < -0.39 is 6.04 Å². The van der Waals surface area contributed by atoms with E-state index in [2.05, 4.69) is 18.2 Å². The molecule has 0 amide bonds. The molecule has 0 radical (unpaired) electrons. The molecule has 0 saturated heterocycles. The van der Waals surface area contributed by atoms with Crippen LogP contribution in [0, 0.1) is 11.3 Å². The van der Waals surface area contributed by atoms with E-state index in [1.807, 2.05) is 36.2 Å². The molecule has 0 spiro atoms. The normalized spacial score (nSPS) is 18.2. The molecule has 3 aromatic rings. The average Bonchev–Trinajstić information content (AvgIpc) is 3.33. The molecule has 1 unspecified atom stereocenters. The summed E-state index contributed by atoms with van der Waals surface area (Å²) in [6, 6.07) is 14.1. The molecule has 6 nitrogen and oxygen atoms in total. The Labute approximate surface area is 155 Å². The van der Waals surface area contributed by atoms with Gasteiger partial charge in [0.1, 0.15) is 6.04 Å². The van der Waals surface area contributed by atoms with Gasteiger partial charge in [0, 0.05) is 23.6 Å². The zero-order chi connectivity index (χ0) is 18.1. The number of benzene rings is 3. The van der Waals surface area contributed by atoms with Crippen molar-refractivity contribution in [2.45, 2.75) is 6.04 Å². The molecule has 27 heavy (non-hydrogen) atoms. The highest BCUT2D eigenvalue weighted by Crippen LogP contribution is 2.52. The summed E-state index contributed by atoms with van der Waals surface area (Å²) < 4.78 is 22.2. The Kier molecular flexibility index (Phi) is 2.69. The van der Waals surface area contributed by atoms with Crippen molar-refractivity contribution in [3.63, 3.8) is 0 Å². The van der Waals surface area contributed by atoms with Gasteiger partial charge in [-0.15, -0.1) is 0 Å². The van der Waals surface area contributed by atoms with Crippen LogP contribution in [0.4, 0.5) is 5.69 Å². The summed E-state index contributed by atoms with van der Waals surface area (Å²) in [7, 11) is 1.95. The number of anilines is 1. The fraction of sp³-hybridized carbons (Fsp3) is 0.190. The van der Waals surface area contributed by atoms with Crippen molar-refractivity contribution in [3.05, 3.63) is 42.0 Å². The Morgan fingerprint density at radius 2 is 1.56 bits per heavy atom. The van der Waals surface area contributed by atoms with Crippen LogP contribution in [0.5, 0.6) is 23.0 Å². The van der Waals surface area contributed by atoms with Gasteiger partial charge < -0.3 is 23.8 Å². The minimum atomic E-state index is -0.418. The van der Waals surface area contributed by atoms with Crippen LogP contribution in [0.25, 0.3) is 21.9 Å². The average molecular weight is 358 g/mol. The van der Waals surface area contributed by atoms with E-state index in [1.165, 1.54) is 0 Å². The Morgan fingerprint density at radius 1 is 0.889 bits per heavy atom. The fourth-order valence-corrected chi connectivity index (χ4v) is 4.21. The summed E-state index contributed by atoms with van der Waals surface area (Å²) in [6.45, 7) is 0.441. The van der Waals surface area contributed by atoms with Crippen molar-refractivity contribution in [1.82, 2.24) is 0 Å². The van der Waals surface area contributed by atoms with Crippen LogP contribution in [0.2, 0.25) is 0 Å². The molecular weight excluding hydrogens is 344 g/mol. The minimum absolute atomic E-state index is 0.208. The maximum Gasteiger partial charge on any atom is 0.231 e. The maximum atomic E-state index is 9.90. The SMILES string of the molecule is CN1c2c(ccc3cc4c(cc23)OCO4)-c2cc3c(cc2C1C#N)OCO3. The zero-order valence-corrected chi connectivity index (χ0v) is 14.5. The van der Waals surface area contributed by atoms with Gasteiger partial charge in [-0.1, -0.05) is 12.1 Å². The summed E-state index contributed by atoms with van der Waals surface area (Å²) in [5, 5.41) is 12.0. The Morgan fingerprint density at radius 3 is 2.30 bits per heavy atom. The van der Waals surface area contributed by atoms with Gasteiger partial charge >= 0.3 is 0 Å². The number of ether oxygens (including phenoxy) is 4. The summed E-state index contributed by atoms with van der Waals surface area (Å²) >= 11 is 0. The molecule has 0 saturated carbocycles. The lowest BCUT2D eigenvalue weighted by Gasteiger charge is -2.35. The second kappa shape index (κ2) is 4.98. The van der Waals surface area contributed by atoms with Crippen LogP contribution in [0.15, 0.2) is 36.4 Å². The second-order valence-electron chi connectivity index (χ2n) is 6.82. The van der Waals surface area contributed by atoms with Gasteiger partial charge in [-0.3, -0.25) is 0 Å². The third-order valence-electron chi connectivity index (χ3n) is 5.48. The highest BCUT2D eigenvalue weighted by molar-refractivity contribution is 6.05. The predicted molar refractivity (Wildman–Crippen MR) is 98.4 cm³/mol. The van der Waals surface area contributed by atoms with Gasteiger partial charge in [0.25, 0.3) is 0 Å². The summed E-state index contributed by atoms with van der Waals surface area (Å²) in [6.07, 6.45) is 0. The number of rotatable bonds is 0. The van der Waals surface area contributed by atoms with Gasteiger partial charge in [0.05, 0.1) is 11.8 Å². The third kappa shape index (κ3) is 1.83. The van der Waals surface area contributed by atoms with Gasteiger partial charge in [-0.25, -0.2) is 0 Å². The fourth-order valence-electron chi connectivity index (χ4n) is 4.21. The number of nitriles is 1. The van der Waals surface area contributed by atoms with Gasteiger partial charge in [-0.05, 0) is 35.2 Å². The Hall–Kier alpha value is -3.59. The van der Waals surface area contributed by atoms with Crippen molar-refractivity contribution in [1.29, 1.82) is 5.26 Å². The molecule has 0 N–H and O–H groups in total. The molecule has 132 valence electrons. The number of nitrogens with zero attached hydrogens (tertiary/aromatic N) is 2. The molecule has 3 aliphatic rings. The van der Waals surface area contributed by atoms with E-state index in [0.29, 0.717) is 11.5 Å². The lowest BCUT2D eigenvalue weighted by molar-refractivity contribution is 0.173. The maximum absolute atomic E-state index is 9.90. The highest BCUT2D eigenvalue weighted by Gasteiger charge is 2.33. The predicted octanol–water partition coefficient (Wildman–Crippen LogP) is 3.98. The first-order chi connectivity index (χ1) is 13.2. The van der Waals surface area contributed by atoms with E-state index >= 15 is 0 Å². The molecule has 3 heterocycles. The van der Waals surface area contributed by atoms with Crippen molar-refractivity contribution < 1.29 is 18.9 Å². The summed E-state index contributed by atoms with van der Waals surface area (Å²) in [5.74, 6) is 2.89. The van der Waals surface area contributed by atoms with E-state index in [1.54, 1.807) is 0 Å². The lowest BCUT2D eigenvalue weighted by atomic mass is 9.86. The molecule has 0 bridgehead atoms. The Bertz CT molecular complexity index is 1180. The minimum Gasteiger partial charge on any atom is -0.454 e. The van der Waals surface area contributed by atoms with E-state index in [4.69, 9.17) is 18.9 Å². The molecule has 6 heteroatoms. The molecule has 0 aliphatic carbocycles. The monoisotopic (exact) mass is 358 g/mol. The van der Waals surface area contributed by atoms with Gasteiger partial charge in [0.2, 0.25) is 13.6 Å². The first kappa shape index (κ1) is 14.6. The van der Waals surface area contributed by atoms with Gasteiger partial charge in [0.15, 0.2) is 23.0 Å². The largest absolute Gasteiger partial charge is 0.454 e. The van der Waals surface area contributed by atoms with Gasteiger partial charge in [-0.2, -0.15) is 5.26 Å². The molecule has 1 atom stereocenters. The zero-order valence-electron chi connectivity index (χ0n) is 14.5. The van der Waals surface area contributed by atoms with Crippen molar-refractivity contribution >= 4 is 16.5 Å². The first-order valence-corrected chi connectivity index (χ1v) is 8.67. The Balaban J connectivity index is 1.69. The quantitative estimate of drug-likeness (QED) is 0.606. The summed E-state index contributed by atoms with van der Waals surface area (Å²) in [5.41, 5.74) is 3.99. The molecule has 6 rings (SSSR count). The number of hydrogen-bond acceptors (Lipinski definition) is 6. The van der Waals surface area contributed by atoms with Crippen molar-refractivity contribution in [2.24, 2.45) is 0 Å². The standard InChI is InChI=1S/C21H14N2O4/c1-23-16(8-22)15-7-20-19(26-10-27-20)6-14(15)12-3-2-11-4-17-18(25-9-24-17)5-13(11)21(12)23/h2-7,16H,9-10H2,1H3. The van der Waals surface area contributed by atoms with E-state index in [0.717, 1.165) is 44.6 Å². The highest BCUT2D eigenvalue weighted by atomic mass is 16.7. The first-order valence-electron chi connectivity index (χ1n) is 8.67. The molecule has 3 aliphatic heterocycles.